The molecule has 0 N–H and O–H groups in total. The van der Waals surface area contributed by atoms with E-state index in [1.54, 1.807) is 0 Å². The van der Waals surface area contributed by atoms with E-state index in [1.165, 1.54) is 66.1 Å². The SMILES string of the molecule is Cc1ccc(-c2c(-c3ccc(C)cc3)c3ccc(C)cc3c3cc(C)ccc23)cc1. The van der Waals surface area contributed by atoms with Crippen LogP contribution in [0.2, 0.25) is 0 Å². The molecule has 0 aliphatic carbocycles. The van der Waals surface area contributed by atoms with Crippen LogP contribution >= 0.6 is 0 Å². The largest absolute Gasteiger partial charge is 0.0587 e. The average molecular weight is 387 g/mol. The van der Waals surface area contributed by atoms with Gasteiger partial charge in [0.1, 0.15) is 0 Å². The van der Waals surface area contributed by atoms with E-state index in [4.69, 9.17) is 0 Å². The van der Waals surface area contributed by atoms with Crippen LogP contribution in [0.1, 0.15) is 22.3 Å². The summed E-state index contributed by atoms with van der Waals surface area (Å²) in [6, 6.07) is 31.7. The minimum atomic E-state index is 1.27. The Morgan fingerprint density at radius 3 is 1.03 bits per heavy atom. The summed E-state index contributed by atoms with van der Waals surface area (Å²) >= 11 is 0. The molecular formula is C30H26. The highest BCUT2D eigenvalue weighted by molar-refractivity contribution is 6.21. The lowest BCUT2D eigenvalue weighted by Crippen LogP contribution is -1.93. The molecule has 0 fully saturated rings. The minimum absolute atomic E-state index is 1.27. The molecule has 0 heterocycles. The Bertz CT molecular complexity index is 1270. The van der Waals surface area contributed by atoms with Gasteiger partial charge in [-0.05, 0) is 71.5 Å². The molecule has 5 aromatic rings. The molecule has 0 bridgehead atoms. The Labute approximate surface area is 178 Å². The van der Waals surface area contributed by atoms with E-state index in [0.717, 1.165) is 0 Å². The van der Waals surface area contributed by atoms with Crippen molar-refractivity contribution in [2.75, 3.05) is 0 Å². The maximum Gasteiger partial charge on any atom is -0.00203 e. The summed E-state index contributed by atoms with van der Waals surface area (Å²) in [5.41, 5.74) is 10.3. The van der Waals surface area contributed by atoms with Crippen LogP contribution in [-0.4, -0.2) is 0 Å². The fourth-order valence-electron chi connectivity index (χ4n) is 4.51. The van der Waals surface area contributed by atoms with Crippen LogP contribution in [0.5, 0.6) is 0 Å². The normalized spacial score (nSPS) is 11.3. The van der Waals surface area contributed by atoms with Gasteiger partial charge in [-0.15, -0.1) is 0 Å². The molecule has 0 aromatic heterocycles. The van der Waals surface area contributed by atoms with Gasteiger partial charge in [0.25, 0.3) is 0 Å². The first-order chi connectivity index (χ1) is 14.5. The topological polar surface area (TPSA) is 0 Å². The number of fused-ring (bicyclic) bond motifs is 3. The van der Waals surface area contributed by atoms with Crippen molar-refractivity contribution in [2.24, 2.45) is 0 Å². The van der Waals surface area contributed by atoms with E-state index in [2.05, 4.69) is 113 Å². The lowest BCUT2D eigenvalue weighted by molar-refractivity contribution is 1.46. The van der Waals surface area contributed by atoms with E-state index in [9.17, 15) is 0 Å². The molecule has 0 radical (unpaired) electrons. The summed E-state index contributed by atoms with van der Waals surface area (Å²) in [6.07, 6.45) is 0. The minimum Gasteiger partial charge on any atom is -0.0587 e. The highest BCUT2D eigenvalue weighted by Crippen LogP contribution is 2.45. The Morgan fingerprint density at radius 1 is 0.333 bits per heavy atom. The molecule has 0 amide bonds. The first-order valence-corrected chi connectivity index (χ1v) is 10.6. The molecule has 0 aliphatic heterocycles. The van der Waals surface area contributed by atoms with E-state index >= 15 is 0 Å². The van der Waals surface area contributed by atoms with Crippen LogP contribution in [0.15, 0.2) is 84.9 Å². The predicted octanol–water partition coefficient (Wildman–Crippen LogP) is 8.56. The molecular weight excluding hydrogens is 360 g/mol. The zero-order chi connectivity index (χ0) is 20.8. The zero-order valence-corrected chi connectivity index (χ0v) is 18.1. The number of benzene rings is 5. The monoisotopic (exact) mass is 386 g/mol. The summed E-state index contributed by atoms with van der Waals surface area (Å²) in [6.45, 7) is 8.66. The highest BCUT2D eigenvalue weighted by Gasteiger charge is 2.17. The average Bonchev–Trinajstić information content (AvgIpc) is 2.74. The number of hydrogen-bond acceptors (Lipinski definition) is 0. The summed E-state index contributed by atoms with van der Waals surface area (Å²) < 4.78 is 0. The highest BCUT2D eigenvalue weighted by atomic mass is 14.2. The molecule has 0 aliphatic rings. The van der Waals surface area contributed by atoms with Crippen molar-refractivity contribution in [3.63, 3.8) is 0 Å². The summed E-state index contributed by atoms with van der Waals surface area (Å²) in [5.74, 6) is 0. The first-order valence-electron chi connectivity index (χ1n) is 10.6. The van der Waals surface area contributed by atoms with Gasteiger partial charge in [-0.2, -0.15) is 0 Å². The molecule has 0 heteroatoms. The van der Waals surface area contributed by atoms with Crippen molar-refractivity contribution in [1.82, 2.24) is 0 Å². The zero-order valence-electron chi connectivity index (χ0n) is 18.1. The van der Waals surface area contributed by atoms with Crippen molar-refractivity contribution in [2.45, 2.75) is 27.7 Å². The Kier molecular flexibility index (Phi) is 4.44. The van der Waals surface area contributed by atoms with Gasteiger partial charge < -0.3 is 0 Å². The molecule has 146 valence electrons. The van der Waals surface area contributed by atoms with Gasteiger partial charge in [0, 0.05) is 0 Å². The van der Waals surface area contributed by atoms with Crippen molar-refractivity contribution < 1.29 is 0 Å². The Hall–Kier alpha value is -3.38. The molecule has 5 aromatic carbocycles. The molecule has 0 saturated heterocycles. The quantitative estimate of drug-likeness (QED) is 0.267. The van der Waals surface area contributed by atoms with Crippen molar-refractivity contribution in [1.29, 1.82) is 0 Å². The van der Waals surface area contributed by atoms with E-state index in [-0.39, 0.29) is 0 Å². The second kappa shape index (κ2) is 7.15. The fourth-order valence-corrected chi connectivity index (χ4v) is 4.51. The number of aryl methyl sites for hydroxylation is 4. The van der Waals surface area contributed by atoms with E-state index < -0.39 is 0 Å². The van der Waals surface area contributed by atoms with Crippen LogP contribution in [0, 0.1) is 27.7 Å². The molecule has 5 rings (SSSR count). The predicted molar refractivity (Wildman–Crippen MR) is 131 cm³/mol. The smallest absolute Gasteiger partial charge is 0.00203 e. The van der Waals surface area contributed by atoms with Gasteiger partial charge in [-0.25, -0.2) is 0 Å². The second-order valence-electron chi connectivity index (χ2n) is 8.58. The summed E-state index contributed by atoms with van der Waals surface area (Å²) in [7, 11) is 0. The lowest BCUT2D eigenvalue weighted by atomic mass is 9.84. The first kappa shape index (κ1) is 18.6. The number of rotatable bonds is 2. The summed E-state index contributed by atoms with van der Waals surface area (Å²) in [4.78, 5) is 0. The van der Waals surface area contributed by atoms with Crippen LogP contribution in [0.25, 0.3) is 43.8 Å². The van der Waals surface area contributed by atoms with Crippen molar-refractivity contribution in [3.05, 3.63) is 107 Å². The molecule has 30 heavy (non-hydrogen) atoms. The molecule has 0 spiro atoms. The standard InChI is InChI=1S/C30H26/c1-19-5-11-23(12-6-19)29-25-15-9-21(3)17-27(25)28-18-22(4)10-16-26(28)30(29)24-13-7-20(2)8-14-24/h5-18H,1-4H3. The Morgan fingerprint density at radius 2 is 0.667 bits per heavy atom. The third-order valence-corrected chi connectivity index (χ3v) is 6.11. The van der Waals surface area contributed by atoms with E-state index in [0.29, 0.717) is 0 Å². The van der Waals surface area contributed by atoms with Crippen LogP contribution in [-0.2, 0) is 0 Å². The lowest BCUT2D eigenvalue weighted by Gasteiger charge is -2.19. The van der Waals surface area contributed by atoms with Gasteiger partial charge in [-0.3, -0.25) is 0 Å². The second-order valence-corrected chi connectivity index (χ2v) is 8.58. The third kappa shape index (κ3) is 3.09. The van der Waals surface area contributed by atoms with Crippen molar-refractivity contribution >= 4 is 21.5 Å². The van der Waals surface area contributed by atoms with Gasteiger partial charge >= 0.3 is 0 Å². The fraction of sp³-hybridized carbons (Fsp3) is 0.133. The maximum atomic E-state index is 2.34. The van der Waals surface area contributed by atoms with Crippen LogP contribution in [0.3, 0.4) is 0 Å². The van der Waals surface area contributed by atoms with Crippen LogP contribution < -0.4 is 0 Å². The summed E-state index contributed by atoms with van der Waals surface area (Å²) in [5, 5.41) is 5.30. The van der Waals surface area contributed by atoms with Crippen LogP contribution in [0.4, 0.5) is 0 Å². The van der Waals surface area contributed by atoms with Gasteiger partial charge in [-0.1, -0.05) is 107 Å². The molecule has 0 atom stereocenters. The number of hydrogen-bond donors (Lipinski definition) is 0. The van der Waals surface area contributed by atoms with E-state index in [1.807, 2.05) is 0 Å². The Balaban J connectivity index is 2.02. The third-order valence-electron chi connectivity index (χ3n) is 6.11. The maximum absolute atomic E-state index is 2.34. The van der Waals surface area contributed by atoms with Gasteiger partial charge in [0.05, 0.1) is 0 Å². The molecule has 0 saturated carbocycles. The molecule has 0 nitrogen and oxygen atoms in total. The molecule has 0 unspecified atom stereocenters. The van der Waals surface area contributed by atoms with Gasteiger partial charge in [0.2, 0.25) is 0 Å². The van der Waals surface area contributed by atoms with Crippen molar-refractivity contribution in [3.8, 4) is 22.3 Å². The van der Waals surface area contributed by atoms with Gasteiger partial charge in [0.15, 0.2) is 0 Å².